The molecule has 0 aromatic rings. The summed E-state index contributed by atoms with van der Waals surface area (Å²) < 4.78 is 0. The van der Waals surface area contributed by atoms with Crippen molar-refractivity contribution < 1.29 is 42.0 Å². The summed E-state index contributed by atoms with van der Waals surface area (Å²) in [5.41, 5.74) is 4.50. The average Bonchev–Trinajstić information content (AvgIpc) is 1.00. The van der Waals surface area contributed by atoms with Gasteiger partial charge in [0.1, 0.15) is 0 Å². The average molecular weight is 89.5 g/mol. The van der Waals surface area contributed by atoms with Gasteiger partial charge >= 0.3 is 29.6 Å². The summed E-state index contributed by atoms with van der Waals surface area (Å²) in [4.78, 5) is 0. The van der Waals surface area contributed by atoms with Crippen LogP contribution in [0.15, 0.2) is 0 Å². The maximum absolute atomic E-state index is 4.50. The van der Waals surface area contributed by atoms with Gasteiger partial charge in [0.15, 0.2) is 0 Å². The third-order valence-electron chi connectivity index (χ3n) is 0. The van der Waals surface area contributed by atoms with E-state index < -0.39 is 0 Å². The van der Waals surface area contributed by atoms with Gasteiger partial charge < -0.3 is 18.1 Å². The van der Waals surface area contributed by atoms with Crippen molar-refractivity contribution in [2.24, 2.45) is 5.73 Å². The molecule has 0 aromatic carbocycles. The van der Waals surface area contributed by atoms with Gasteiger partial charge in [-0.2, -0.15) is 0 Å². The molecule has 1 nitrogen and oxygen atoms in total. The number of nitrogens with two attached hydrogens (primary N) is 1. The molecule has 0 aliphatic carbocycles. The van der Waals surface area contributed by atoms with Gasteiger partial charge in [0.05, 0.1) is 0 Å². The van der Waals surface area contributed by atoms with Crippen LogP contribution in [-0.4, -0.2) is 7.05 Å². The summed E-state index contributed by atoms with van der Waals surface area (Å²) >= 11 is 0. The van der Waals surface area contributed by atoms with Crippen molar-refractivity contribution in [1.29, 1.82) is 0 Å². The first-order valence-corrected chi connectivity index (χ1v) is 0.577. The molecule has 0 unspecified atom stereocenters. The van der Waals surface area contributed by atoms with Crippen molar-refractivity contribution in [3.8, 4) is 0 Å². The second kappa shape index (κ2) is 28.7. The molecule has 0 aliphatic heterocycles. The van der Waals surface area contributed by atoms with Gasteiger partial charge in [0.2, 0.25) is 0 Å². The Balaban J connectivity index is -0.00000000500. The van der Waals surface area contributed by atoms with E-state index >= 15 is 0 Å². The summed E-state index contributed by atoms with van der Waals surface area (Å²) in [6.07, 6.45) is 0. The summed E-state index contributed by atoms with van der Waals surface area (Å²) in [5.74, 6) is 0. The summed E-state index contributed by atoms with van der Waals surface area (Å²) in [7, 11) is 1.50. The van der Waals surface area contributed by atoms with Gasteiger partial charge in [-0.25, -0.2) is 0 Å². The van der Waals surface area contributed by atoms with Crippen LogP contribution in [0, 0.1) is 0 Å². The Kier molecular flexibility index (Phi) is 135. The maximum atomic E-state index is 4.50. The normalized spacial score (nSPS) is 1.50. The summed E-state index contributed by atoms with van der Waals surface area (Å²) in [6.45, 7) is 0. The molecule has 0 atom stereocenters. The summed E-state index contributed by atoms with van der Waals surface area (Å²) in [6, 6.07) is 0. The fourth-order valence-corrected chi connectivity index (χ4v) is 0. The zero-order valence-corrected chi connectivity index (χ0v) is 5.71. The fourth-order valence-electron chi connectivity index (χ4n) is 0. The van der Waals surface area contributed by atoms with E-state index in [9.17, 15) is 0 Å². The zero-order valence-electron chi connectivity index (χ0n) is 2.96. The van der Waals surface area contributed by atoms with Gasteiger partial charge in [-0.3, -0.25) is 0 Å². The number of hydrogen-bond donors (Lipinski definition) is 1. The minimum Gasteiger partial charge on any atom is -1.00 e. The van der Waals surface area contributed by atoms with E-state index in [4.69, 9.17) is 0 Å². The van der Waals surface area contributed by atoms with Crippen LogP contribution in [0.3, 0.4) is 0 Å². The Bertz CT molecular complexity index is 8.00. The van der Waals surface area contributed by atoms with Crippen molar-refractivity contribution in [3.05, 3.63) is 0 Å². The minimum absolute atomic E-state index is 0. The van der Waals surface area contributed by atoms with E-state index in [1.54, 1.807) is 0 Å². The SMILES string of the molecule is CN.[Cl-].[Na+]. The standard InChI is InChI=1S/CH5N.ClH.Na/c1-2;;/h2H2,1H3;1H;/q;;+1/p-1. The first-order chi connectivity index (χ1) is 1.00. The molecule has 0 bridgehead atoms. The molecule has 3 heteroatoms. The Morgan fingerprint density at radius 3 is 1.25 bits per heavy atom. The van der Waals surface area contributed by atoms with Crippen molar-refractivity contribution in [2.75, 3.05) is 7.05 Å². The van der Waals surface area contributed by atoms with Crippen LogP contribution in [0.1, 0.15) is 0 Å². The van der Waals surface area contributed by atoms with E-state index in [1.165, 1.54) is 7.05 Å². The number of rotatable bonds is 0. The minimum atomic E-state index is 0. The third kappa shape index (κ3) is 10.5. The molecular formula is CH5ClNNa. The molecule has 0 aromatic heterocycles. The third-order valence-corrected chi connectivity index (χ3v) is 0. The zero-order chi connectivity index (χ0) is 2.00. The molecule has 0 saturated heterocycles. The van der Waals surface area contributed by atoms with Crippen LogP contribution >= 0.6 is 0 Å². The van der Waals surface area contributed by atoms with Crippen LogP contribution in [0.2, 0.25) is 0 Å². The molecule has 0 fully saturated rings. The maximum Gasteiger partial charge on any atom is 1.00 e. The van der Waals surface area contributed by atoms with Crippen molar-refractivity contribution >= 4 is 0 Å². The molecule has 0 spiro atoms. The van der Waals surface area contributed by atoms with E-state index in [1.807, 2.05) is 0 Å². The van der Waals surface area contributed by atoms with E-state index in [0.29, 0.717) is 0 Å². The van der Waals surface area contributed by atoms with E-state index in [0.717, 1.165) is 0 Å². The van der Waals surface area contributed by atoms with Crippen molar-refractivity contribution in [1.82, 2.24) is 0 Å². The van der Waals surface area contributed by atoms with Gasteiger partial charge in [-0.1, -0.05) is 0 Å². The van der Waals surface area contributed by atoms with Gasteiger partial charge in [0, 0.05) is 0 Å². The first-order valence-electron chi connectivity index (χ1n) is 0.577. The topological polar surface area (TPSA) is 26.0 Å². The van der Waals surface area contributed by atoms with Gasteiger partial charge in [0.25, 0.3) is 0 Å². The Hall–Kier alpha value is 1.25. The Morgan fingerprint density at radius 2 is 1.25 bits per heavy atom. The van der Waals surface area contributed by atoms with Gasteiger partial charge in [-0.15, -0.1) is 0 Å². The largest absolute Gasteiger partial charge is 1.00 e. The summed E-state index contributed by atoms with van der Waals surface area (Å²) in [5, 5.41) is 0. The molecule has 0 aliphatic rings. The molecule has 0 rings (SSSR count). The second-order valence-electron chi connectivity index (χ2n) is 0. The number of halogens is 1. The molecule has 4 heavy (non-hydrogen) atoms. The van der Waals surface area contributed by atoms with Crippen LogP contribution in [0.25, 0.3) is 0 Å². The first kappa shape index (κ1) is 18.7. The number of hydrogen-bond acceptors (Lipinski definition) is 1. The molecular weight excluding hydrogens is 84.5 g/mol. The predicted octanol–water partition coefficient (Wildman–Crippen LogP) is -6.42. The Morgan fingerprint density at radius 1 is 1.25 bits per heavy atom. The Labute approximate surface area is 54.6 Å². The van der Waals surface area contributed by atoms with Crippen molar-refractivity contribution in [3.63, 3.8) is 0 Å². The second-order valence-corrected chi connectivity index (χ2v) is 0. The van der Waals surface area contributed by atoms with Crippen molar-refractivity contribution in [2.45, 2.75) is 0 Å². The molecule has 0 amide bonds. The van der Waals surface area contributed by atoms with Gasteiger partial charge in [-0.05, 0) is 7.05 Å². The molecule has 0 heterocycles. The van der Waals surface area contributed by atoms with Crippen LogP contribution in [-0.2, 0) is 0 Å². The van der Waals surface area contributed by atoms with Crippen LogP contribution in [0.4, 0.5) is 0 Å². The van der Waals surface area contributed by atoms with Crippen LogP contribution < -0.4 is 47.7 Å². The quantitative estimate of drug-likeness (QED) is 0.294. The monoisotopic (exact) mass is 89.0 g/mol. The molecule has 0 saturated carbocycles. The van der Waals surface area contributed by atoms with E-state index in [-0.39, 0.29) is 42.0 Å². The predicted molar refractivity (Wildman–Crippen MR) is 10.1 cm³/mol. The molecule has 2 N–H and O–H groups in total. The molecule has 0 radical (unpaired) electrons. The van der Waals surface area contributed by atoms with Crippen LogP contribution in [0.5, 0.6) is 0 Å². The molecule has 22 valence electrons. The van der Waals surface area contributed by atoms with E-state index in [2.05, 4.69) is 5.73 Å². The fraction of sp³-hybridized carbons (Fsp3) is 1.00. The smallest absolute Gasteiger partial charge is 1.00 e.